The number of pyridine rings is 1. The lowest BCUT2D eigenvalue weighted by Gasteiger charge is -2.19. The normalized spacial score (nSPS) is 11.2. The molecule has 0 saturated heterocycles. The van der Waals surface area contributed by atoms with E-state index in [9.17, 15) is 10.1 Å². The SMILES string of the molecule is Cc1ccnc(NCC(C)(C)N)c1[N+](=O)[O-]. The van der Waals surface area contributed by atoms with Crippen LogP contribution in [0.2, 0.25) is 0 Å². The van der Waals surface area contributed by atoms with Gasteiger partial charge in [-0.2, -0.15) is 0 Å². The van der Waals surface area contributed by atoms with Crippen LogP contribution in [0.25, 0.3) is 0 Å². The number of nitrogens with one attached hydrogen (secondary N) is 1. The van der Waals surface area contributed by atoms with Crippen LogP contribution in [0.15, 0.2) is 12.3 Å². The summed E-state index contributed by atoms with van der Waals surface area (Å²) in [5, 5.41) is 13.8. The Morgan fingerprint density at radius 1 is 1.62 bits per heavy atom. The molecule has 1 rings (SSSR count). The van der Waals surface area contributed by atoms with Gasteiger partial charge in [-0.3, -0.25) is 10.1 Å². The predicted molar refractivity (Wildman–Crippen MR) is 62.4 cm³/mol. The highest BCUT2D eigenvalue weighted by atomic mass is 16.6. The fraction of sp³-hybridized carbons (Fsp3) is 0.500. The quantitative estimate of drug-likeness (QED) is 0.596. The van der Waals surface area contributed by atoms with Crippen molar-refractivity contribution in [1.29, 1.82) is 0 Å². The molecular formula is C10H16N4O2. The van der Waals surface area contributed by atoms with Crippen molar-refractivity contribution < 1.29 is 4.92 Å². The van der Waals surface area contributed by atoms with Crippen molar-refractivity contribution in [3.63, 3.8) is 0 Å². The Morgan fingerprint density at radius 3 is 2.75 bits per heavy atom. The van der Waals surface area contributed by atoms with Gasteiger partial charge in [0.05, 0.1) is 4.92 Å². The van der Waals surface area contributed by atoms with Gasteiger partial charge in [0, 0.05) is 23.8 Å². The van der Waals surface area contributed by atoms with Gasteiger partial charge in [0.2, 0.25) is 5.82 Å². The van der Waals surface area contributed by atoms with E-state index in [0.29, 0.717) is 12.1 Å². The minimum absolute atomic E-state index is 0.00625. The maximum absolute atomic E-state index is 10.9. The van der Waals surface area contributed by atoms with Crippen LogP contribution in [0.4, 0.5) is 11.5 Å². The lowest BCUT2D eigenvalue weighted by atomic mass is 10.1. The van der Waals surface area contributed by atoms with E-state index in [4.69, 9.17) is 5.73 Å². The van der Waals surface area contributed by atoms with E-state index in [2.05, 4.69) is 10.3 Å². The van der Waals surface area contributed by atoms with E-state index in [-0.39, 0.29) is 11.5 Å². The molecule has 16 heavy (non-hydrogen) atoms. The van der Waals surface area contributed by atoms with Crippen molar-refractivity contribution in [2.45, 2.75) is 26.3 Å². The van der Waals surface area contributed by atoms with Crippen LogP contribution in [-0.2, 0) is 0 Å². The summed E-state index contributed by atoms with van der Waals surface area (Å²) in [6.07, 6.45) is 1.54. The van der Waals surface area contributed by atoms with E-state index >= 15 is 0 Å². The molecule has 0 aliphatic heterocycles. The molecule has 0 atom stereocenters. The smallest absolute Gasteiger partial charge is 0.314 e. The molecule has 0 radical (unpaired) electrons. The van der Waals surface area contributed by atoms with Crippen LogP contribution in [0.3, 0.4) is 0 Å². The summed E-state index contributed by atoms with van der Waals surface area (Å²) >= 11 is 0. The topological polar surface area (TPSA) is 94.1 Å². The summed E-state index contributed by atoms with van der Waals surface area (Å²) in [5.74, 6) is 0.267. The number of nitrogens with zero attached hydrogens (tertiary/aromatic N) is 2. The van der Waals surface area contributed by atoms with Crippen molar-refractivity contribution in [2.24, 2.45) is 5.73 Å². The Balaban J connectivity index is 2.96. The zero-order valence-electron chi connectivity index (χ0n) is 9.65. The van der Waals surface area contributed by atoms with Crippen molar-refractivity contribution in [2.75, 3.05) is 11.9 Å². The molecule has 0 aliphatic carbocycles. The first-order chi connectivity index (χ1) is 7.31. The van der Waals surface area contributed by atoms with E-state index in [1.165, 1.54) is 6.20 Å². The highest BCUT2D eigenvalue weighted by molar-refractivity contribution is 5.59. The molecule has 1 heterocycles. The zero-order chi connectivity index (χ0) is 12.3. The van der Waals surface area contributed by atoms with Crippen molar-refractivity contribution in [3.05, 3.63) is 27.9 Å². The van der Waals surface area contributed by atoms with Crippen LogP contribution in [-0.4, -0.2) is 22.0 Å². The molecule has 0 fully saturated rings. The van der Waals surface area contributed by atoms with Crippen molar-refractivity contribution in [3.8, 4) is 0 Å². The van der Waals surface area contributed by atoms with Crippen molar-refractivity contribution >= 4 is 11.5 Å². The van der Waals surface area contributed by atoms with Gasteiger partial charge in [-0.1, -0.05) is 0 Å². The molecule has 6 nitrogen and oxygen atoms in total. The third-order valence-corrected chi connectivity index (χ3v) is 2.02. The molecule has 88 valence electrons. The summed E-state index contributed by atoms with van der Waals surface area (Å²) < 4.78 is 0. The predicted octanol–water partition coefficient (Wildman–Crippen LogP) is 1.45. The minimum Gasteiger partial charge on any atom is -0.363 e. The molecule has 0 amide bonds. The highest BCUT2D eigenvalue weighted by Gasteiger charge is 2.20. The van der Waals surface area contributed by atoms with Gasteiger partial charge in [0.1, 0.15) is 0 Å². The lowest BCUT2D eigenvalue weighted by Crippen LogP contribution is -2.39. The van der Waals surface area contributed by atoms with Gasteiger partial charge in [-0.05, 0) is 26.8 Å². The van der Waals surface area contributed by atoms with Gasteiger partial charge >= 0.3 is 5.69 Å². The molecule has 1 aromatic rings. The Labute approximate surface area is 94.0 Å². The Hall–Kier alpha value is -1.69. The fourth-order valence-corrected chi connectivity index (χ4v) is 1.22. The van der Waals surface area contributed by atoms with Gasteiger partial charge < -0.3 is 11.1 Å². The number of anilines is 1. The van der Waals surface area contributed by atoms with Gasteiger partial charge in [-0.15, -0.1) is 0 Å². The number of rotatable bonds is 4. The number of aryl methyl sites for hydroxylation is 1. The van der Waals surface area contributed by atoms with Gasteiger partial charge in [-0.25, -0.2) is 4.98 Å². The molecule has 0 aliphatic rings. The molecule has 6 heteroatoms. The molecule has 0 saturated carbocycles. The number of nitrogens with two attached hydrogens (primary N) is 1. The zero-order valence-corrected chi connectivity index (χ0v) is 9.65. The van der Waals surface area contributed by atoms with Crippen LogP contribution in [0.5, 0.6) is 0 Å². The fourth-order valence-electron chi connectivity index (χ4n) is 1.22. The number of nitro groups is 1. The number of aromatic nitrogens is 1. The molecular weight excluding hydrogens is 208 g/mol. The first-order valence-corrected chi connectivity index (χ1v) is 4.94. The molecule has 0 spiro atoms. The average molecular weight is 224 g/mol. The second-order valence-electron chi connectivity index (χ2n) is 4.42. The van der Waals surface area contributed by atoms with Gasteiger partial charge in [0.25, 0.3) is 0 Å². The second-order valence-corrected chi connectivity index (χ2v) is 4.42. The molecule has 3 N–H and O–H groups in total. The van der Waals surface area contributed by atoms with Crippen molar-refractivity contribution in [1.82, 2.24) is 4.98 Å². The maximum atomic E-state index is 10.9. The number of hydrogen-bond donors (Lipinski definition) is 2. The van der Waals surface area contributed by atoms with E-state index < -0.39 is 10.5 Å². The summed E-state index contributed by atoms with van der Waals surface area (Å²) in [7, 11) is 0. The Morgan fingerprint density at radius 2 is 2.25 bits per heavy atom. The highest BCUT2D eigenvalue weighted by Crippen LogP contribution is 2.25. The monoisotopic (exact) mass is 224 g/mol. The maximum Gasteiger partial charge on any atom is 0.314 e. The summed E-state index contributed by atoms with van der Waals surface area (Å²) in [6, 6.07) is 1.61. The van der Waals surface area contributed by atoms with E-state index in [0.717, 1.165) is 0 Å². The van der Waals surface area contributed by atoms with Gasteiger partial charge in [0.15, 0.2) is 0 Å². The third-order valence-electron chi connectivity index (χ3n) is 2.02. The Kier molecular flexibility index (Phi) is 3.44. The lowest BCUT2D eigenvalue weighted by molar-refractivity contribution is -0.384. The van der Waals surface area contributed by atoms with Crippen LogP contribution < -0.4 is 11.1 Å². The molecule has 0 aromatic carbocycles. The standard InChI is InChI=1S/C10H16N4O2/c1-7-4-5-12-9(8(7)14(15)16)13-6-10(2,3)11/h4-5H,6,11H2,1-3H3,(H,12,13). The summed E-state index contributed by atoms with van der Waals surface area (Å²) in [6.45, 7) is 5.77. The first kappa shape index (κ1) is 12.4. The largest absolute Gasteiger partial charge is 0.363 e. The Bertz CT molecular complexity index is 398. The van der Waals surface area contributed by atoms with Crippen LogP contribution in [0, 0.1) is 17.0 Å². The molecule has 0 bridgehead atoms. The second kappa shape index (κ2) is 4.44. The molecule has 0 unspecified atom stereocenters. The number of hydrogen-bond acceptors (Lipinski definition) is 5. The summed E-state index contributed by atoms with van der Waals surface area (Å²) in [5.41, 5.74) is 5.93. The van der Waals surface area contributed by atoms with Crippen LogP contribution >= 0.6 is 0 Å². The third kappa shape index (κ3) is 3.16. The molecule has 1 aromatic heterocycles. The van der Waals surface area contributed by atoms with E-state index in [1.807, 2.05) is 13.8 Å². The first-order valence-electron chi connectivity index (χ1n) is 4.94. The van der Waals surface area contributed by atoms with Crippen LogP contribution in [0.1, 0.15) is 19.4 Å². The summed E-state index contributed by atoms with van der Waals surface area (Å²) in [4.78, 5) is 14.4. The average Bonchev–Trinajstić information content (AvgIpc) is 2.12. The minimum atomic E-state index is -0.445. The van der Waals surface area contributed by atoms with E-state index in [1.54, 1.807) is 13.0 Å².